The summed E-state index contributed by atoms with van der Waals surface area (Å²) in [5.74, 6) is 0. The van der Waals surface area contributed by atoms with Crippen LogP contribution < -0.4 is 11.1 Å². The van der Waals surface area contributed by atoms with Crippen molar-refractivity contribution in [3.63, 3.8) is 0 Å². The summed E-state index contributed by atoms with van der Waals surface area (Å²) in [7, 11) is 0. The van der Waals surface area contributed by atoms with E-state index in [0.717, 1.165) is 11.4 Å². The lowest BCUT2D eigenvalue weighted by Gasteiger charge is -2.27. The fourth-order valence-electron chi connectivity index (χ4n) is 3.00. The molecule has 0 aliphatic heterocycles. The lowest BCUT2D eigenvalue weighted by atomic mass is 9.87. The van der Waals surface area contributed by atoms with Crippen molar-refractivity contribution in [2.75, 3.05) is 11.1 Å². The Bertz CT molecular complexity index is 569. The van der Waals surface area contributed by atoms with E-state index in [1.54, 1.807) is 0 Å². The second-order valence-corrected chi connectivity index (χ2v) is 5.42. The molecule has 0 aromatic heterocycles. The molecule has 19 heavy (non-hydrogen) atoms. The van der Waals surface area contributed by atoms with Gasteiger partial charge in [-0.05, 0) is 61.1 Å². The quantitative estimate of drug-likeness (QED) is 0.791. The number of anilines is 2. The Labute approximate surface area is 114 Å². The van der Waals surface area contributed by atoms with Gasteiger partial charge in [0.2, 0.25) is 0 Å². The third-order valence-corrected chi connectivity index (χ3v) is 3.81. The fraction of sp³-hybridized carbons (Fsp3) is 0.294. The maximum atomic E-state index is 5.92. The highest BCUT2D eigenvalue weighted by molar-refractivity contribution is 5.58. The van der Waals surface area contributed by atoms with Crippen molar-refractivity contribution in [2.45, 2.75) is 32.2 Å². The minimum atomic E-state index is 0.408. The van der Waals surface area contributed by atoms with Crippen LogP contribution in [0.25, 0.3) is 0 Å². The molecule has 0 bridgehead atoms. The third kappa shape index (κ3) is 2.58. The summed E-state index contributed by atoms with van der Waals surface area (Å²) in [6.45, 7) is 2.08. The summed E-state index contributed by atoms with van der Waals surface area (Å²) in [5, 5.41) is 3.64. The van der Waals surface area contributed by atoms with Crippen molar-refractivity contribution in [1.29, 1.82) is 0 Å². The molecule has 0 spiro atoms. The molecule has 0 radical (unpaired) electrons. The average molecular weight is 252 g/mol. The Kier molecular flexibility index (Phi) is 3.16. The van der Waals surface area contributed by atoms with Crippen molar-refractivity contribution in [2.24, 2.45) is 0 Å². The summed E-state index contributed by atoms with van der Waals surface area (Å²) in [6, 6.07) is 15.3. The Balaban J connectivity index is 1.88. The first-order valence-corrected chi connectivity index (χ1v) is 6.94. The Hall–Kier alpha value is -1.96. The summed E-state index contributed by atoms with van der Waals surface area (Å²) in [6.07, 6.45) is 3.63. The van der Waals surface area contributed by atoms with Crippen LogP contribution in [0.1, 0.15) is 35.6 Å². The number of nitrogen functional groups attached to an aromatic ring is 1. The molecule has 1 atom stereocenters. The second-order valence-electron chi connectivity index (χ2n) is 5.42. The lowest BCUT2D eigenvalue weighted by molar-refractivity contribution is 0.600. The Morgan fingerprint density at radius 1 is 1.16 bits per heavy atom. The van der Waals surface area contributed by atoms with Crippen LogP contribution >= 0.6 is 0 Å². The van der Waals surface area contributed by atoms with Gasteiger partial charge >= 0.3 is 0 Å². The summed E-state index contributed by atoms with van der Waals surface area (Å²) in [5.41, 5.74) is 12.0. The van der Waals surface area contributed by atoms with Gasteiger partial charge in [-0.1, -0.05) is 24.3 Å². The smallest absolute Gasteiger partial charge is 0.0516 e. The van der Waals surface area contributed by atoms with Gasteiger partial charge in [0.05, 0.1) is 6.04 Å². The fourth-order valence-corrected chi connectivity index (χ4v) is 3.00. The first-order valence-electron chi connectivity index (χ1n) is 6.94. The molecule has 2 aromatic rings. The van der Waals surface area contributed by atoms with Crippen LogP contribution in [0.15, 0.2) is 42.5 Å². The molecular weight excluding hydrogens is 232 g/mol. The topological polar surface area (TPSA) is 38.0 Å². The van der Waals surface area contributed by atoms with E-state index in [2.05, 4.69) is 42.6 Å². The molecule has 1 aliphatic rings. The van der Waals surface area contributed by atoms with Crippen molar-refractivity contribution >= 4 is 11.4 Å². The zero-order chi connectivity index (χ0) is 13.2. The number of nitrogens with one attached hydrogen (secondary N) is 1. The molecule has 3 N–H and O–H groups in total. The van der Waals surface area contributed by atoms with E-state index in [1.165, 1.54) is 36.0 Å². The van der Waals surface area contributed by atoms with Gasteiger partial charge in [-0.25, -0.2) is 0 Å². The van der Waals surface area contributed by atoms with Gasteiger partial charge in [-0.2, -0.15) is 0 Å². The maximum absolute atomic E-state index is 5.92. The minimum Gasteiger partial charge on any atom is -0.399 e. The first kappa shape index (κ1) is 12.1. The normalized spacial score (nSPS) is 17.8. The molecule has 0 saturated heterocycles. The molecule has 2 nitrogen and oxygen atoms in total. The zero-order valence-corrected chi connectivity index (χ0v) is 11.3. The van der Waals surface area contributed by atoms with Crippen LogP contribution in [0.3, 0.4) is 0 Å². The zero-order valence-electron chi connectivity index (χ0n) is 11.3. The molecule has 1 unspecified atom stereocenters. The van der Waals surface area contributed by atoms with Gasteiger partial charge in [0, 0.05) is 11.4 Å². The summed E-state index contributed by atoms with van der Waals surface area (Å²) in [4.78, 5) is 0. The number of fused-ring (bicyclic) bond motifs is 1. The number of benzene rings is 2. The van der Waals surface area contributed by atoms with Gasteiger partial charge < -0.3 is 11.1 Å². The molecule has 98 valence electrons. The van der Waals surface area contributed by atoms with Gasteiger partial charge in [0.25, 0.3) is 0 Å². The van der Waals surface area contributed by atoms with Gasteiger partial charge in [-0.3, -0.25) is 0 Å². The summed E-state index contributed by atoms with van der Waals surface area (Å²) < 4.78 is 0. The highest BCUT2D eigenvalue weighted by Gasteiger charge is 2.19. The number of nitrogens with two attached hydrogens (primary N) is 1. The molecule has 0 amide bonds. The van der Waals surface area contributed by atoms with E-state index in [0.29, 0.717) is 6.04 Å². The minimum absolute atomic E-state index is 0.408. The van der Waals surface area contributed by atoms with Crippen LogP contribution in [0, 0.1) is 6.92 Å². The van der Waals surface area contributed by atoms with Crippen molar-refractivity contribution < 1.29 is 0 Å². The van der Waals surface area contributed by atoms with Gasteiger partial charge in [0.1, 0.15) is 0 Å². The van der Waals surface area contributed by atoms with E-state index in [4.69, 9.17) is 5.73 Å². The van der Waals surface area contributed by atoms with Crippen LogP contribution in [-0.4, -0.2) is 0 Å². The molecular formula is C17H20N2. The molecule has 0 heterocycles. The lowest BCUT2D eigenvalue weighted by Crippen LogP contribution is -2.17. The standard InChI is InChI=1S/C17H20N2/c1-12-9-14(18)11-15(10-12)19-17-8-4-6-13-5-2-3-7-16(13)17/h2-3,5,7,9-11,17,19H,4,6,8,18H2,1H3. The molecule has 1 aliphatic carbocycles. The molecule has 2 aromatic carbocycles. The molecule has 0 saturated carbocycles. The van der Waals surface area contributed by atoms with Crippen LogP contribution in [-0.2, 0) is 6.42 Å². The largest absolute Gasteiger partial charge is 0.399 e. The molecule has 2 heteroatoms. The predicted octanol–water partition coefficient (Wildman–Crippen LogP) is 4.07. The number of hydrogen-bond acceptors (Lipinski definition) is 2. The van der Waals surface area contributed by atoms with Crippen LogP contribution in [0.2, 0.25) is 0 Å². The number of hydrogen-bond donors (Lipinski definition) is 2. The summed E-state index contributed by atoms with van der Waals surface area (Å²) >= 11 is 0. The van der Waals surface area contributed by atoms with Crippen molar-refractivity contribution in [1.82, 2.24) is 0 Å². The number of rotatable bonds is 2. The average Bonchev–Trinajstić information content (AvgIpc) is 2.38. The van der Waals surface area contributed by atoms with Crippen LogP contribution in [0.4, 0.5) is 11.4 Å². The maximum Gasteiger partial charge on any atom is 0.0516 e. The first-order chi connectivity index (χ1) is 9.22. The highest BCUT2D eigenvalue weighted by Crippen LogP contribution is 2.32. The second kappa shape index (κ2) is 4.96. The van der Waals surface area contributed by atoms with E-state index in [-0.39, 0.29) is 0 Å². The van der Waals surface area contributed by atoms with Crippen molar-refractivity contribution in [3.8, 4) is 0 Å². The van der Waals surface area contributed by atoms with E-state index in [1.807, 2.05) is 12.1 Å². The van der Waals surface area contributed by atoms with E-state index in [9.17, 15) is 0 Å². The third-order valence-electron chi connectivity index (χ3n) is 3.81. The van der Waals surface area contributed by atoms with E-state index >= 15 is 0 Å². The van der Waals surface area contributed by atoms with E-state index < -0.39 is 0 Å². The molecule has 3 rings (SSSR count). The Morgan fingerprint density at radius 3 is 2.84 bits per heavy atom. The monoisotopic (exact) mass is 252 g/mol. The van der Waals surface area contributed by atoms with Crippen molar-refractivity contribution in [3.05, 3.63) is 59.2 Å². The van der Waals surface area contributed by atoms with Crippen LogP contribution in [0.5, 0.6) is 0 Å². The number of aryl methyl sites for hydroxylation is 2. The Morgan fingerprint density at radius 2 is 2.00 bits per heavy atom. The SMILES string of the molecule is Cc1cc(N)cc(NC2CCCc3ccccc32)c1. The highest BCUT2D eigenvalue weighted by atomic mass is 14.9. The van der Waals surface area contributed by atoms with Gasteiger partial charge in [0.15, 0.2) is 0 Å². The molecule has 0 fully saturated rings. The predicted molar refractivity (Wildman–Crippen MR) is 81.3 cm³/mol. The van der Waals surface area contributed by atoms with Gasteiger partial charge in [-0.15, -0.1) is 0 Å².